The third-order valence-electron chi connectivity index (χ3n) is 4.56. The van der Waals surface area contributed by atoms with Crippen LogP contribution in [-0.2, 0) is 17.6 Å². The predicted molar refractivity (Wildman–Crippen MR) is 121 cm³/mol. The van der Waals surface area contributed by atoms with Gasteiger partial charge in [0, 0.05) is 16.3 Å². The Balaban J connectivity index is 1.83. The molecule has 0 bridgehead atoms. The van der Waals surface area contributed by atoms with Gasteiger partial charge in [-0.1, -0.05) is 47.5 Å². The lowest BCUT2D eigenvalue weighted by Crippen LogP contribution is -2.14. The smallest absolute Gasteiger partial charge is 0.416 e. The van der Waals surface area contributed by atoms with E-state index in [1.165, 1.54) is 24.3 Å². The number of nitrogens with zero attached hydrogens (tertiary/aromatic N) is 1. The molecular weight excluding hydrogens is 453 g/mol. The second-order valence-electron chi connectivity index (χ2n) is 7.16. The third-order valence-corrected chi connectivity index (χ3v) is 4.80. The number of rotatable bonds is 6. The van der Waals surface area contributed by atoms with Gasteiger partial charge in [-0.2, -0.15) is 18.4 Å². The number of halogens is 4. The Hall–Kier alpha value is -3.76. The maximum atomic E-state index is 12.9. The van der Waals surface area contributed by atoms with E-state index < -0.39 is 17.6 Å². The summed E-state index contributed by atoms with van der Waals surface area (Å²) in [4.78, 5) is 12.6. The van der Waals surface area contributed by atoms with Crippen molar-refractivity contribution in [2.45, 2.75) is 19.7 Å². The van der Waals surface area contributed by atoms with Crippen molar-refractivity contribution in [1.82, 2.24) is 0 Å². The summed E-state index contributed by atoms with van der Waals surface area (Å²) >= 11 is 6.08. The van der Waals surface area contributed by atoms with Crippen molar-refractivity contribution < 1.29 is 22.7 Å². The molecule has 4 nitrogen and oxygen atoms in total. The summed E-state index contributed by atoms with van der Waals surface area (Å²) in [5, 5.41) is 12.2. The molecule has 33 heavy (non-hydrogen) atoms. The normalized spacial score (nSPS) is 11.6. The van der Waals surface area contributed by atoms with Crippen LogP contribution in [0.5, 0.6) is 5.75 Å². The summed E-state index contributed by atoms with van der Waals surface area (Å²) < 4.78 is 44.6. The average molecular weight is 471 g/mol. The Morgan fingerprint density at radius 2 is 1.88 bits per heavy atom. The molecule has 0 aliphatic heterocycles. The number of nitrogens with one attached hydrogen (secondary N) is 1. The highest BCUT2D eigenvalue weighted by molar-refractivity contribution is 6.30. The fraction of sp³-hybridized carbons (Fsp3) is 0.120. The van der Waals surface area contributed by atoms with Gasteiger partial charge < -0.3 is 10.1 Å². The maximum Gasteiger partial charge on any atom is 0.416 e. The highest BCUT2D eigenvalue weighted by Crippen LogP contribution is 2.31. The van der Waals surface area contributed by atoms with E-state index in [1.54, 1.807) is 18.2 Å². The van der Waals surface area contributed by atoms with Gasteiger partial charge in [-0.05, 0) is 55.0 Å². The number of aryl methyl sites for hydroxylation is 1. The van der Waals surface area contributed by atoms with Gasteiger partial charge in [0.25, 0.3) is 5.91 Å². The van der Waals surface area contributed by atoms with E-state index in [0.29, 0.717) is 16.3 Å². The van der Waals surface area contributed by atoms with Crippen LogP contribution in [0.2, 0.25) is 5.02 Å². The van der Waals surface area contributed by atoms with E-state index in [9.17, 15) is 23.2 Å². The molecule has 0 atom stereocenters. The first-order chi connectivity index (χ1) is 15.7. The zero-order valence-electron chi connectivity index (χ0n) is 17.4. The van der Waals surface area contributed by atoms with Gasteiger partial charge in [-0.3, -0.25) is 4.79 Å². The molecular formula is C25H18ClF3N2O2. The average Bonchev–Trinajstić information content (AvgIpc) is 2.76. The van der Waals surface area contributed by atoms with E-state index in [0.717, 1.165) is 23.3 Å². The first-order valence-corrected chi connectivity index (χ1v) is 10.1. The van der Waals surface area contributed by atoms with Gasteiger partial charge >= 0.3 is 6.18 Å². The number of amides is 1. The van der Waals surface area contributed by atoms with Crippen LogP contribution in [0.15, 0.2) is 72.3 Å². The Bertz CT molecular complexity index is 1250. The first kappa shape index (κ1) is 23.9. The van der Waals surface area contributed by atoms with Crippen LogP contribution in [0.1, 0.15) is 22.3 Å². The largest absolute Gasteiger partial charge is 0.488 e. The van der Waals surface area contributed by atoms with E-state index in [1.807, 2.05) is 31.2 Å². The molecule has 0 aliphatic carbocycles. The van der Waals surface area contributed by atoms with E-state index in [-0.39, 0.29) is 17.9 Å². The maximum absolute atomic E-state index is 12.9. The summed E-state index contributed by atoms with van der Waals surface area (Å²) in [5.41, 5.74) is 1.07. The highest BCUT2D eigenvalue weighted by atomic mass is 35.5. The SMILES string of the molecule is Cc1cccc(COc2ccc(Cl)cc2/C=C(\C#N)C(=O)Nc2cccc(C(F)(F)F)c2)c1. The van der Waals surface area contributed by atoms with Gasteiger partial charge in [-0.25, -0.2) is 0 Å². The molecule has 0 spiro atoms. The van der Waals surface area contributed by atoms with Crippen LogP contribution in [-0.4, -0.2) is 5.91 Å². The first-order valence-electron chi connectivity index (χ1n) is 9.74. The Morgan fingerprint density at radius 3 is 2.58 bits per heavy atom. The van der Waals surface area contributed by atoms with Gasteiger partial charge in [-0.15, -0.1) is 0 Å². The molecule has 0 saturated carbocycles. The summed E-state index contributed by atoms with van der Waals surface area (Å²) in [6.07, 6.45) is -3.28. The molecule has 8 heteroatoms. The molecule has 3 rings (SSSR count). The summed E-state index contributed by atoms with van der Waals surface area (Å²) in [6, 6.07) is 18.4. The van der Waals surface area contributed by atoms with Crippen LogP contribution in [0, 0.1) is 18.3 Å². The third kappa shape index (κ3) is 6.61. The minimum absolute atomic E-state index is 0.0852. The molecule has 0 radical (unpaired) electrons. The molecule has 0 fully saturated rings. The Morgan fingerprint density at radius 1 is 1.12 bits per heavy atom. The predicted octanol–water partition coefficient (Wildman–Crippen LogP) is 6.79. The van der Waals surface area contributed by atoms with Crippen molar-refractivity contribution >= 4 is 29.3 Å². The Labute approximate surface area is 193 Å². The highest BCUT2D eigenvalue weighted by Gasteiger charge is 2.30. The van der Waals surface area contributed by atoms with Gasteiger partial charge in [0.05, 0.1) is 5.56 Å². The van der Waals surface area contributed by atoms with Crippen molar-refractivity contribution in [2.24, 2.45) is 0 Å². The molecule has 0 saturated heterocycles. The quantitative estimate of drug-likeness (QED) is 0.318. The number of benzene rings is 3. The lowest BCUT2D eigenvalue weighted by atomic mass is 10.1. The molecule has 168 valence electrons. The second-order valence-corrected chi connectivity index (χ2v) is 7.60. The molecule has 0 unspecified atom stereocenters. The van der Waals surface area contributed by atoms with Gasteiger partial charge in [0.1, 0.15) is 24.0 Å². The number of ether oxygens (including phenoxy) is 1. The zero-order chi connectivity index (χ0) is 24.0. The topological polar surface area (TPSA) is 62.1 Å². The van der Waals surface area contributed by atoms with Crippen molar-refractivity contribution in [3.05, 3.63) is 99.6 Å². The molecule has 3 aromatic carbocycles. The number of alkyl halides is 3. The number of hydrogen-bond donors (Lipinski definition) is 1. The molecule has 1 amide bonds. The van der Waals surface area contributed by atoms with Crippen LogP contribution in [0.25, 0.3) is 6.08 Å². The van der Waals surface area contributed by atoms with Crippen LogP contribution >= 0.6 is 11.6 Å². The van der Waals surface area contributed by atoms with Gasteiger partial charge in [0.15, 0.2) is 0 Å². The minimum atomic E-state index is -4.56. The number of carbonyl (C=O) groups is 1. The van der Waals surface area contributed by atoms with Crippen molar-refractivity contribution in [2.75, 3.05) is 5.32 Å². The van der Waals surface area contributed by atoms with Crippen LogP contribution in [0.4, 0.5) is 18.9 Å². The van der Waals surface area contributed by atoms with E-state index >= 15 is 0 Å². The monoisotopic (exact) mass is 470 g/mol. The number of carbonyl (C=O) groups excluding carboxylic acids is 1. The lowest BCUT2D eigenvalue weighted by molar-refractivity contribution is -0.137. The number of hydrogen-bond acceptors (Lipinski definition) is 3. The summed E-state index contributed by atoms with van der Waals surface area (Å²) in [5.74, 6) is -0.470. The molecule has 0 aliphatic rings. The molecule has 0 aromatic heterocycles. The minimum Gasteiger partial charge on any atom is -0.488 e. The Kier molecular flexibility index (Phi) is 7.41. The fourth-order valence-electron chi connectivity index (χ4n) is 3.00. The van der Waals surface area contributed by atoms with Crippen molar-refractivity contribution in [3.63, 3.8) is 0 Å². The van der Waals surface area contributed by atoms with Gasteiger partial charge in [0.2, 0.25) is 0 Å². The number of nitriles is 1. The standard InChI is InChI=1S/C25H18ClF3N2O2/c1-16-4-2-5-17(10-16)15-33-23-9-8-21(26)12-18(23)11-19(14-30)24(32)31-22-7-3-6-20(13-22)25(27,28)29/h2-13H,15H2,1H3,(H,31,32)/b19-11+. The zero-order valence-corrected chi connectivity index (χ0v) is 18.2. The van der Waals surface area contributed by atoms with Crippen LogP contribution < -0.4 is 10.1 Å². The molecule has 0 heterocycles. The lowest BCUT2D eigenvalue weighted by Gasteiger charge is -2.11. The molecule has 1 N–H and O–H groups in total. The summed E-state index contributed by atoms with van der Waals surface area (Å²) in [7, 11) is 0. The fourth-order valence-corrected chi connectivity index (χ4v) is 3.18. The van der Waals surface area contributed by atoms with Crippen molar-refractivity contribution in [3.8, 4) is 11.8 Å². The van der Waals surface area contributed by atoms with E-state index in [2.05, 4.69) is 5.32 Å². The van der Waals surface area contributed by atoms with Crippen molar-refractivity contribution in [1.29, 1.82) is 5.26 Å². The van der Waals surface area contributed by atoms with Crippen LogP contribution in [0.3, 0.4) is 0 Å². The number of anilines is 1. The molecule has 3 aromatic rings. The van der Waals surface area contributed by atoms with E-state index in [4.69, 9.17) is 16.3 Å². The second kappa shape index (κ2) is 10.2. The summed E-state index contributed by atoms with van der Waals surface area (Å²) in [6.45, 7) is 2.21.